The monoisotopic (exact) mass is 445 g/mol. The zero-order valence-electron chi connectivity index (χ0n) is 18.8. The van der Waals surface area contributed by atoms with Gasteiger partial charge in [0.2, 0.25) is 0 Å². The first-order chi connectivity index (χ1) is 15.0. The normalized spacial score (nSPS) is 11.8. The summed E-state index contributed by atoms with van der Waals surface area (Å²) in [4.78, 5) is 15.8. The van der Waals surface area contributed by atoms with Crippen molar-refractivity contribution in [2.75, 3.05) is 24.6 Å². The molecule has 1 amide bonds. The predicted molar refractivity (Wildman–Crippen MR) is 129 cm³/mol. The zero-order valence-corrected chi connectivity index (χ0v) is 19.6. The van der Waals surface area contributed by atoms with E-state index in [1.807, 2.05) is 36.4 Å². The summed E-state index contributed by atoms with van der Waals surface area (Å²) in [6, 6.07) is 12.9. The van der Waals surface area contributed by atoms with Crippen molar-refractivity contribution >= 4 is 23.5 Å². The van der Waals surface area contributed by atoms with Crippen LogP contribution in [0.4, 0.5) is 5.69 Å². The van der Waals surface area contributed by atoms with Crippen molar-refractivity contribution < 1.29 is 14.6 Å². The number of hydrogen-bond donors (Lipinski definition) is 3. The fourth-order valence-electron chi connectivity index (χ4n) is 3.15. The Morgan fingerprint density at radius 3 is 2.35 bits per heavy atom. The molecule has 4 N–H and O–H groups in total. The van der Waals surface area contributed by atoms with E-state index in [4.69, 9.17) is 9.88 Å². The number of nitrogens with two attached hydrogens (primary N) is 1. The third kappa shape index (κ3) is 7.45. The van der Waals surface area contributed by atoms with Crippen molar-refractivity contribution in [3.63, 3.8) is 0 Å². The molecule has 7 heteroatoms. The highest BCUT2D eigenvalue weighted by molar-refractivity contribution is 7.97. The molecule has 1 atom stereocenters. The molecule has 2 aromatic carbocycles. The molecule has 0 bridgehead atoms. The summed E-state index contributed by atoms with van der Waals surface area (Å²) in [7, 11) is 0. The zero-order chi connectivity index (χ0) is 22.6. The standard InChI is InChI=1S/C24H35N3O3S/c1-4-6-13-27(14-7-5-2)21-15-19(24(29)26-18(3)17-28)16-22(31-25)23(21)30-20-11-9-8-10-12-20/h8-12,15-16,18,28H,4-7,13-14,17,25H2,1-3H3,(H,26,29). The van der Waals surface area contributed by atoms with Gasteiger partial charge in [-0.25, -0.2) is 0 Å². The van der Waals surface area contributed by atoms with Crippen LogP contribution >= 0.6 is 11.9 Å². The van der Waals surface area contributed by atoms with E-state index < -0.39 is 0 Å². The second kappa shape index (κ2) is 13.2. The van der Waals surface area contributed by atoms with Crippen LogP contribution in [0.3, 0.4) is 0 Å². The molecular weight excluding hydrogens is 410 g/mol. The van der Waals surface area contributed by atoms with E-state index >= 15 is 0 Å². The van der Waals surface area contributed by atoms with Gasteiger partial charge in [0.1, 0.15) is 5.75 Å². The maximum atomic E-state index is 12.8. The van der Waals surface area contributed by atoms with Crippen LogP contribution in [-0.2, 0) is 0 Å². The molecule has 0 aliphatic heterocycles. The minimum Gasteiger partial charge on any atom is -0.454 e. The smallest absolute Gasteiger partial charge is 0.251 e. The molecule has 0 radical (unpaired) electrons. The van der Waals surface area contributed by atoms with Gasteiger partial charge < -0.3 is 20.1 Å². The van der Waals surface area contributed by atoms with Gasteiger partial charge in [-0.2, -0.15) is 0 Å². The molecular formula is C24H35N3O3S. The molecule has 0 aromatic heterocycles. The number of aliphatic hydroxyl groups excluding tert-OH is 1. The number of aliphatic hydroxyl groups is 1. The lowest BCUT2D eigenvalue weighted by molar-refractivity contribution is 0.0922. The van der Waals surface area contributed by atoms with E-state index in [2.05, 4.69) is 24.1 Å². The maximum Gasteiger partial charge on any atom is 0.251 e. The number of anilines is 1. The number of rotatable bonds is 13. The number of hydrogen-bond acceptors (Lipinski definition) is 6. The van der Waals surface area contributed by atoms with Crippen LogP contribution in [0, 0.1) is 0 Å². The number of ether oxygens (including phenoxy) is 1. The molecule has 6 nitrogen and oxygen atoms in total. The van der Waals surface area contributed by atoms with E-state index in [1.54, 1.807) is 13.0 Å². The Morgan fingerprint density at radius 1 is 1.16 bits per heavy atom. The van der Waals surface area contributed by atoms with Crippen LogP contribution < -0.4 is 20.1 Å². The molecule has 2 aromatic rings. The number of benzene rings is 2. The summed E-state index contributed by atoms with van der Waals surface area (Å²) in [5.74, 6) is 1.14. The predicted octanol–water partition coefficient (Wildman–Crippen LogP) is 4.96. The first kappa shape index (κ1) is 25.0. The summed E-state index contributed by atoms with van der Waals surface area (Å²) < 4.78 is 6.30. The Labute approximate surface area is 190 Å². The molecule has 0 aliphatic carbocycles. The quantitative estimate of drug-likeness (QED) is 0.378. The van der Waals surface area contributed by atoms with Crippen LogP contribution in [0.15, 0.2) is 47.4 Å². The topological polar surface area (TPSA) is 87.8 Å². The summed E-state index contributed by atoms with van der Waals surface area (Å²) in [6.45, 7) is 7.72. The minimum atomic E-state index is -0.332. The number of nitrogens with zero attached hydrogens (tertiary/aromatic N) is 1. The Hall–Kier alpha value is -2.22. The van der Waals surface area contributed by atoms with Crippen LogP contribution in [0.1, 0.15) is 56.8 Å². The lowest BCUT2D eigenvalue weighted by Crippen LogP contribution is -2.35. The minimum absolute atomic E-state index is 0.120. The first-order valence-corrected chi connectivity index (χ1v) is 11.9. The first-order valence-electron chi connectivity index (χ1n) is 11.0. The van der Waals surface area contributed by atoms with Gasteiger partial charge in [-0.15, -0.1) is 0 Å². The van der Waals surface area contributed by atoms with Crippen LogP contribution in [-0.4, -0.2) is 36.8 Å². The van der Waals surface area contributed by atoms with E-state index in [9.17, 15) is 9.90 Å². The van der Waals surface area contributed by atoms with E-state index in [-0.39, 0.29) is 18.6 Å². The highest BCUT2D eigenvalue weighted by Crippen LogP contribution is 2.41. The fourth-order valence-corrected chi connectivity index (χ4v) is 3.60. The average molecular weight is 446 g/mol. The number of nitrogens with one attached hydrogen (secondary N) is 1. The molecule has 0 spiro atoms. The van der Waals surface area contributed by atoms with Crippen molar-refractivity contribution in [2.45, 2.75) is 57.4 Å². The van der Waals surface area contributed by atoms with Gasteiger partial charge in [-0.1, -0.05) is 44.9 Å². The van der Waals surface area contributed by atoms with Gasteiger partial charge in [-0.3, -0.25) is 9.93 Å². The van der Waals surface area contributed by atoms with Gasteiger partial charge in [0, 0.05) is 24.7 Å². The van der Waals surface area contributed by atoms with E-state index in [1.165, 1.54) is 0 Å². The number of unbranched alkanes of at least 4 members (excludes halogenated alkanes) is 2. The highest BCUT2D eigenvalue weighted by atomic mass is 32.2. The molecule has 0 saturated heterocycles. The maximum absolute atomic E-state index is 12.8. The summed E-state index contributed by atoms with van der Waals surface area (Å²) >= 11 is 1.07. The fraction of sp³-hybridized carbons (Fsp3) is 0.458. The van der Waals surface area contributed by atoms with Crippen molar-refractivity contribution in [3.8, 4) is 11.5 Å². The highest BCUT2D eigenvalue weighted by Gasteiger charge is 2.21. The molecule has 2 rings (SSSR count). The van der Waals surface area contributed by atoms with Gasteiger partial charge in [0.05, 0.1) is 17.2 Å². The third-order valence-corrected chi connectivity index (χ3v) is 5.50. The Kier molecular flexibility index (Phi) is 10.7. The molecule has 0 heterocycles. The molecule has 1 unspecified atom stereocenters. The second-order valence-corrected chi connectivity index (χ2v) is 8.28. The van der Waals surface area contributed by atoms with E-state index in [0.29, 0.717) is 16.2 Å². The molecule has 31 heavy (non-hydrogen) atoms. The van der Waals surface area contributed by atoms with Gasteiger partial charge in [0.25, 0.3) is 5.91 Å². The SMILES string of the molecule is CCCCN(CCCC)c1cc(C(=O)NC(C)CO)cc(SN)c1Oc1ccccc1. The second-order valence-electron chi connectivity index (χ2n) is 7.61. The summed E-state index contributed by atoms with van der Waals surface area (Å²) in [5, 5.41) is 18.1. The molecule has 170 valence electrons. The van der Waals surface area contributed by atoms with Crippen molar-refractivity contribution in [1.82, 2.24) is 5.32 Å². The van der Waals surface area contributed by atoms with Crippen molar-refractivity contribution in [3.05, 3.63) is 48.0 Å². The molecule has 0 aliphatic rings. The lowest BCUT2D eigenvalue weighted by atomic mass is 10.1. The average Bonchev–Trinajstić information content (AvgIpc) is 2.79. The van der Waals surface area contributed by atoms with Crippen molar-refractivity contribution in [1.29, 1.82) is 0 Å². The largest absolute Gasteiger partial charge is 0.454 e. The van der Waals surface area contributed by atoms with Gasteiger partial charge >= 0.3 is 0 Å². The summed E-state index contributed by atoms with van der Waals surface area (Å²) in [6.07, 6.45) is 4.23. The Morgan fingerprint density at radius 2 is 1.81 bits per heavy atom. The van der Waals surface area contributed by atoms with Gasteiger partial charge in [0.15, 0.2) is 5.75 Å². The lowest BCUT2D eigenvalue weighted by Gasteiger charge is -2.28. The van der Waals surface area contributed by atoms with Gasteiger partial charge in [-0.05, 0) is 56.0 Å². The third-order valence-electron chi connectivity index (χ3n) is 4.94. The van der Waals surface area contributed by atoms with E-state index in [0.717, 1.165) is 62.2 Å². The van der Waals surface area contributed by atoms with Crippen LogP contribution in [0.2, 0.25) is 0 Å². The molecule has 0 saturated carbocycles. The van der Waals surface area contributed by atoms with Crippen molar-refractivity contribution in [2.24, 2.45) is 5.14 Å². The Bertz CT molecular complexity index is 809. The Balaban J connectivity index is 2.55. The number of amides is 1. The number of carbonyl (C=O) groups excluding carboxylic acids is 1. The number of carbonyl (C=O) groups is 1. The van der Waals surface area contributed by atoms with Crippen LogP contribution in [0.5, 0.6) is 11.5 Å². The summed E-state index contributed by atoms with van der Waals surface area (Å²) in [5.41, 5.74) is 1.37. The molecule has 0 fully saturated rings. The number of para-hydroxylation sites is 1. The van der Waals surface area contributed by atoms with Crippen LogP contribution in [0.25, 0.3) is 0 Å².